The molecule has 2 aliphatic heterocycles. The summed E-state index contributed by atoms with van der Waals surface area (Å²) in [5.74, 6) is 0.254. The van der Waals surface area contributed by atoms with E-state index in [1.165, 1.54) is 5.56 Å². The van der Waals surface area contributed by atoms with Crippen LogP contribution in [0, 0.1) is 0 Å². The number of rotatable bonds is 5. The maximum Gasteiger partial charge on any atom is 0.241 e. The molecule has 0 saturated carbocycles. The lowest BCUT2D eigenvalue weighted by molar-refractivity contribution is -0.140. The largest absolute Gasteiger partial charge is 0.339 e. The van der Waals surface area contributed by atoms with Crippen molar-refractivity contribution in [2.75, 3.05) is 26.2 Å². The van der Waals surface area contributed by atoms with Gasteiger partial charge in [-0.25, -0.2) is 10.9 Å². The Hall–Kier alpha value is -2.77. The highest BCUT2D eigenvalue weighted by molar-refractivity contribution is 5.83. The lowest BCUT2D eigenvalue weighted by Crippen LogP contribution is -2.54. The molecule has 2 aromatic rings. The van der Waals surface area contributed by atoms with E-state index in [0.29, 0.717) is 39.0 Å². The molecule has 1 aromatic carbocycles. The number of amides is 2. The first kappa shape index (κ1) is 19.5. The van der Waals surface area contributed by atoms with E-state index in [1.807, 2.05) is 58.3 Å². The fourth-order valence-corrected chi connectivity index (χ4v) is 3.94. The Bertz CT molecular complexity index is 822. The van der Waals surface area contributed by atoms with Crippen molar-refractivity contribution in [2.45, 2.75) is 31.3 Å². The molecule has 0 bridgehead atoms. The average molecular weight is 393 g/mol. The zero-order valence-corrected chi connectivity index (χ0v) is 16.5. The van der Waals surface area contributed by atoms with Crippen molar-refractivity contribution in [3.05, 3.63) is 66.0 Å². The second kappa shape index (κ2) is 9.15. The first-order valence-electron chi connectivity index (χ1n) is 10.2. The van der Waals surface area contributed by atoms with Gasteiger partial charge in [0.2, 0.25) is 11.8 Å². The number of hydrazine groups is 1. The molecule has 2 fully saturated rings. The molecule has 7 heteroatoms. The monoisotopic (exact) mass is 393 g/mol. The van der Waals surface area contributed by atoms with Gasteiger partial charge in [-0.3, -0.25) is 14.6 Å². The van der Waals surface area contributed by atoms with Crippen LogP contribution in [0.2, 0.25) is 0 Å². The number of nitrogens with zero attached hydrogens (tertiary/aromatic N) is 3. The van der Waals surface area contributed by atoms with E-state index in [-0.39, 0.29) is 23.9 Å². The van der Waals surface area contributed by atoms with Gasteiger partial charge in [0.25, 0.3) is 0 Å². The summed E-state index contributed by atoms with van der Waals surface area (Å²) in [6.45, 7) is 2.37. The van der Waals surface area contributed by atoms with Crippen LogP contribution >= 0.6 is 0 Å². The van der Waals surface area contributed by atoms with Gasteiger partial charge in [-0.1, -0.05) is 36.4 Å². The third-order valence-corrected chi connectivity index (χ3v) is 5.66. The van der Waals surface area contributed by atoms with E-state index in [0.717, 1.165) is 12.1 Å². The highest BCUT2D eigenvalue weighted by atomic mass is 16.2. The van der Waals surface area contributed by atoms with Gasteiger partial charge in [0.05, 0.1) is 11.7 Å². The molecule has 2 N–H and O–H groups in total. The molecule has 29 heavy (non-hydrogen) atoms. The summed E-state index contributed by atoms with van der Waals surface area (Å²) in [5.41, 5.74) is 8.40. The molecule has 2 atom stereocenters. The molecule has 0 radical (unpaired) electrons. The van der Waals surface area contributed by atoms with E-state index in [9.17, 15) is 9.59 Å². The lowest BCUT2D eigenvalue weighted by Gasteiger charge is -2.36. The van der Waals surface area contributed by atoms with Crippen molar-refractivity contribution >= 4 is 11.8 Å². The number of hydrogen-bond donors (Lipinski definition) is 2. The van der Waals surface area contributed by atoms with Crippen LogP contribution < -0.4 is 10.9 Å². The van der Waals surface area contributed by atoms with E-state index in [2.05, 4.69) is 15.8 Å². The third kappa shape index (κ3) is 4.81. The zero-order chi connectivity index (χ0) is 20.1. The van der Waals surface area contributed by atoms with Gasteiger partial charge in [-0.15, -0.1) is 0 Å². The van der Waals surface area contributed by atoms with Crippen molar-refractivity contribution in [1.82, 2.24) is 25.6 Å². The van der Waals surface area contributed by atoms with E-state index in [1.54, 1.807) is 6.20 Å². The number of aryl methyl sites for hydroxylation is 1. The van der Waals surface area contributed by atoms with Crippen molar-refractivity contribution in [2.24, 2.45) is 0 Å². The molecular weight excluding hydrogens is 366 g/mol. The van der Waals surface area contributed by atoms with Crippen LogP contribution in [0.25, 0.3) is 0 Å². The Balaban J connectivity index is 1.23. The van der Waals surface area contributed by atoms with Gasteiger partial charge in [-0.05, 0) is 30.5 Å². The summed E-state index contributed by atoms with van der Waals surface area (Å²) in [4.78, 5) is 33.5. The Labute approximate surface area is 171 Å². The van der Waals surface area contributed by atoms with E-state index in [4.69, 9.17) is 0 Å². The van der Waals surface area contributed by atoms with Crippen LogP contribution in [-0.2, 0) is 16.0 Å². The van der Waals surface area contributed by atoms with E-state index < -0.39 is 0 Å². The summed E-state index contributed by atoms with van der Waals surface area (Å²) in [6, 6.07) is 15.6. The SMILES string of the molecule is O=C(CCc1ccccc1)N1CCN(C(=O)C2CC(c3ccccn3)NN2)CC1. The average Bonchev–Trinajstić information content (AvgIpc) is 3.29. The Morgan fingerprint density at radius 3 is 2.38 bits per heavy atom. The molecular formula is C22H27N5O2. The predicted molar refractivity (Wildman–Crippen MR) is 110 cm³/mol. The number of pyridine rings is 1. The lowest BCUT2D eigenvalue weighted by atomic mass is 10.1. The summed E-state index contributed by atoms with van der Waals surface area (Å²) >= 11 is 0. The van der Waals surface area contributed by atoms with E-state index >= 15 is 0 Å². The van der Waals surface area contributed by atoms with Gasteiger partial charge >= 0.3 is 0 Å². The van der Waals surface area contributed by atoms with Crippen molar-refractivity contribution in [3.8, 4) is 0 Å². The molecule has 7 nitrogen and oxygen atoms in total. The minimum absolute atomic E-state index is 0.0333. The van der Waals surface area contributed by atoms with Crippen LogP contribution in [0.1, 0.15) is 30.1 Å². The van der Waals surface area contributed by atoms with Crippen LogP contribution in [0.5, 0.6) is 0 Å². The molecule has 1 aromatic heterocycles. The summed E-state index contributed by atoms with van der Waals surface area (Å²) in [7, 11) is 0. The number of aromatic nitrogens is 1. The fraction of sp³-hybridized carbons (Fsp3) is 0.409. The van der Waals surface area contributed by atoms with Gasteiger partial charge in [0.1, 0.15) is 6.04 Å². The maximum atomic E-state index is 12.9. The molecule has 0 aliphatic carbocycles. The minimum atomic E-state index is -0.262. The molecule has 2 saturated heterocycles. The quantitative estimate of drug-likeness (QED) is 0.801. The normalized spacial score (nSPS) is 21.9. The second-order valence-corrected chi connectivity index (χ2v) is 7.58. The van der Waals surface area contributed by atoms with Crippen LogP contribution in [-0.4, -0.2) is 58.8 Å². The van der Waals surface area contributed by atoms with Gasteiger partial charge < -0.3 is 9.80 Å². The Kier molecular flexibility index (Phi) is 6.17. The van der Waals surface area contributed by atoms with Crippen molar-refractivity contribution < 1.29 is 9.59 Å². The number of nitrogens with one attached hydrogen (secondary N) is 2. The summed E-state index contributed by atoms with van der Waals surface area (Å²) in [5, 5.41) is 0. The molecule has 2 unspecified atom stereocenters. The maximum absolute atomic E-state index is 12.9. The number of carbonyl (C=O) groups is 2. The van der Waals surface area contributed by atoms with Crippen molar-refractivity contribution in [1.29, 1.82) is 0 Å². The number of carbonyl (C=O) groups excluding carboxylic acids is 2. The summed E-state index contributed by atoms with van der Waals surface area (Å²) < 4.78 is 0. The number of hydrogen-bond acceptors (Lipinski definition) is 5. The topological polar surface area (TPSA) is 77.6 Å². The van der Waals surface area contributed by atoms with Gasteiger partial charge in [0, 0.05) is 38.8 Å². The van der Waals surface area contributed by atoms with Crippen LogP contribution in [0.15, 0.2) is 54.7 Å². The molecule has 0 spiro atoms. The molecule has 2 amide bonds. The highest BCUT2D eigenvalue weighted by Gasteiger charge is 2.34. The predicted octanol–water partition coefficient (Wildman–Crippen LogP) is 1.29. The molecule has 2 aliphatic rings. The fourth-order valence-electron chi connectivity index (χ4n) is 3.94. The standard InChI is InChI=1S/C22H27N5O2/c28-21(10-9-17-6-2-1-3-7-17)26-12-14-27(15-13-26)22(29)20-16-19(24-25-20)18-8-4-5-11-23-18/h1-8,11,19-20,24-25H,9-10,12-16H2. The van der Waals surface area contributed by atoms with Gasteiger partial charge in [-0.2, -0.15) is 0 Å². The number of benzene rings is 1. The van der Waals surface area contributed by atoms with Crippen molar-refractivity contribution in [3.63, 3.8) is 0 Å². The zero-order valence-electron chi connectivity index (χ0n) is 16.5. The van der Waals surface area contributed by atoms with Crippen LogP contribution in [0.3, 0.4) is 0 Å². The highest BCUT2D eigenvalue weighted by Crippen LogP contribution is 2.21. The van der Waals surface area contributed by atoms with Crippen LogP contribution in [0.4, 0.5) is 0 Å². The second-order valence-electron chi connectivity index (χ2n) is 7.58. The number of piperazine rings is 1. The molecule has 4 rings (SSSR count). The third-order valence-electron chi connectivity index (χ3n) is 5.66. The smallest absolute Gasteiger partial charge is 0.241 e. The van der Waals surface area contributed by atoms with Gasteiger partial charge in [0.15, 0.2) is 0 Å². The Morgan fingerprint density at radius 2 is 1.66 bits per heavy atom. The minimum Gasteiger partial charge on any atom is -0.339 e. The first-order valence-corrected chi connectivity index (χ1v) is 10.2. The first-order chi connectivity index (χ1) is 14.2. The Morgan fingerprint density at radius 1 is 0.931 bits per heavy atom. The molecule has 3 heterocycles. The molecule has 152 valence electrons. The summed E-state index contributed by atoms with van der Waals surface area (Å²) in [6.07, 6.45) is 3.70.